The van der Waals surface area contributed by atoms with Crippen molar-refractivity contribution < 1.29 is 19.8 Å². The molecule has 0 saturated heterocycles. The quantitative estimate of drug-likeness (QED) is 0.465. The molecule has 0 spiro atoms. The van der Waals surface area contributed by atoms with Gasteiger partial charge in [0, 0.05) is 11.5 Å². The second-order valence-electron chi connectivity index (χ2n) is 5.13. The molecule has 0 aromatic heterocycles. The lowest BCUT2D eigenvalue weighted by atomic mass is 10.1. The molecule has 0 aromatic carbocycles. The molecule has 6 N–H and O–H groups in total. The van der Waals surface area contributed by atoms with Crippen molar-refractivity contribution in [3.8, 4) is 0 Å². The zero-order chi connectivity index (χ0) is 17.1. The van der Waals surface area contributed by atoms with Gasteiger partial charge in [-0.1, -0.05) is 13.8 Å². The molecule has 0 aliphatic carbocycles. The van der Waals surface area contributed by atoms with Gasteiger partial charge in [-0.25, -0.2) is 0 Å². The highest BCUT2D eigenvalue weighted by Gasteiger charge is 2.27. The molecule has 126 valence electrons. The Morgan fingerprint density at radius 1 is 0.952 bits per heavy atom. The first kappa shape index (κ1) is 22.8. The lowest BCUT2D eigenvalue weighted by Gasteiger charge is -2.17. The third-order valence-corrected chi connectivity index (χ3v) is 5.05. The third-order valence-electron chi connectivity index (χ3n) is 2.33. The summed E-state index contributed by atoms with van der Waals surface area (Å²) in [6, 6.07) is 0. The summed E-state index contributed by atoms with van der Waals surface area (Å²) >= 11 is 3.12. The minimum Gasteiger partial charge on any atom is -0.480 e. The van der Waals surface area contributed by atoms with Crippen molar-refractivity contribution in [3.63, 3.8) is 0 Å². The van der Waals surface area contributed by atoms with Crippen LogP contribution in [0.3, 0.4) is 0 Å². The van der Waals surface area contributed by atoms with Crippen molar-refractivity contribution in [2.24, 2.45) is 11.5 Å². The molecular weight excluding hydrogens is 312 g/mol. The molecule has 0 saturated carbocycles. The van der Waals surface area contributed by atoms with Gasteiger partial charge in [-0.2, -0.15) is 23.5 Å². The van der Waals surface area contributed by atoms with Gasteiger partial charge >= 0.3 is 11.9 Å². The average Bonchev–Trinajstić information content (AvgIpc) is 2.37. The molecule has 0 unspecified atom stereocenters. The van der Waals surface area contributed by atoms with E-state index in [4.69, 9.17) is 21.7 Å². The molecule has 6 nitrogen and oxygen atoms in total. The first-order valence-corrected chi connectivity index (χ1v) is 9.02. The maximum absolute atomic E-state index is 10.5. The first-order valence-electron chi connectivity index (χ1n) is 6.71. The van der Waals surface area contributed by atoms with E-state index in [0.717, 1.165) is 17.9 Å². The summed E-state index contributed by atoms with van der Waals surface area (Å²) < 4.78 is 0. The van der Waals surface area contributed by atoms with Crippen LogP contribution in [0.4, 0.5) is 0 Å². The van der Waals surface area contributed by atoms with E-state index in [1.54, 1.807) is 11.8 Å². The number of carboxylic acids is 2. The molecule has 0 rings (SSSR count). The number of carbonyl (C=O) groups is 2. The van der Waals surface area contributed by atoms with Crippen LogP contribution in [0, 0.1) is 0 Å². The lowest BCUT2D eigenvalue weighted by Crippen LogP contribution is -2.47. The van der Waals surface area contributed by atoms with E-state index in [2.05, 4.69) is 6.92 Å². The van der Waals surface area contributed by atoms with E-state index in [1.165, 1.54) is 25.6 Å². The highest BCUT2D eigenvalue weighted by Crippen LogP contribution is 2.11. The van der Waals surface area contributed by atoms with Gasteiger partial charge in [0.25, 0.3) is 0 Å². The molecule has 0 aliphatic rings. The zero-order valence-electron chi connectivity index (χ0n) is 13.2. The van der Waals surface area contributed by atoms with Crippen LogP contribution in [-0.2, 0) is 9.59 Å². The number of hydrogen-bond acceptors (Lipinski definition) is 6. The fraction of sp³-hybridized carbons (Fsp3) is 0.846. The Balaban J connectivity index is 0. The minimum absolute atomic E-state index is 0.471. The Kier molecular flexibility index (Phi) is 12.1. The highest BCUT2D eigenvalue weighted by atomic mass is 32.2. The summed E-state index contributed by atoms with van der Waals surface area (Å²) in [4.78, 5) is 20.9. The molecule has 0 aliphatic heterocycles. The average molecular weight is 341 g/mol. The van der Waals surface area contributed by atoms with E-state index in [1.807, 2.05) is 6.92 Å². The third kappa shape index (κ3) is 11.9. The largest absolute Gasteiger partial charge is 0.480 e. The van der Waals surface area contributed by atoms with Crippen molar-refractivity contribution in [2.45, 2.75) is 45.2 Å². The zero-order valence-corrected chi connectivity index (χ0v) is 14.9. The number of aliphatic carboxylic acids is 2. The predicted octanol–water partition coefficient (Wildman–Crippen LogP) is 1.47. The van der Waals surface area contributed by atoms with Crippen LogP contribution in [0.2, 0.25) is 0 Å². The molecule has 8 heteroatoms. The van der Waals surface area contributed by atoms with Crippen LogP contribution >= 0.6 is 23.5 Å². The molecular formula is C13H28N2O4S2. The van der Waals surface area contributed by atoms with Crippen molar-refractivity contribution >= 4 is 35.5 Å². The lowest BCUT2D eigenvalue weighted by molar-refractivity contribution is -0.142. The summed E-state index contributed by atoms with van der Waals surface area (Å²) in [5.74, 6) is 0.962. The Bertz CT molecular complexity index is 323. The van der Waals surface area contributed by atoms with E-state index in [9.17, 15) is 9.59 Å². The summed E-state index contributed by atoms with van der Waals surface area (Å²) in [5.41, 5.74) is 8.77. The standard InChI is InChI=1S/C7H15NO2S.C6H13NO2S/c1-3-4-11-5-7(2,8)6(9)10;1-3-10-4-6(2,7)5(8)9/h3-5,8H2,1-2H3,(H,9,10);3-4,7H2,1-2H3,(H,8,9)/t7-;6-/m00/s1. The van der Waals surface area contributed by atoms with Crippen molar-refractivity contribution in [1.82, 2.24) is 0 Å². The summed E-state index contributed by atoms with van der Waals surface area (Å²) in [6.45, 7) is 7.10. The number of nitrogens with two attached hydrogens (primary N) is 2. The van der Waals surface area contributed by atoms with Crippen LogP contribution in [0.5, 0.6) is 0 Å². The fourth-order valence-electron chi connectivity index (χ4n) is 0.866. The summed E-state index contributed by atoms with van der Waals surface area (Å²) in [6.07, 6.45) is 1.06. The molecule has 21 heavy (non-hydrogen) atoms. The van der Waals surface area contributed by atoms with Gasteiger partial charge in [0.2, 0.25) is 0 Å². The van der Waals surface area contributed by atoms with E-state index >= 15 is 0 Å². The van der Waals surface area contributed by atoms with Crippen LogP contribution in [0.1, 0.15) is 34.1 Å². The normalized spacial score (nSPS) is 16.1. The topological polar surface area (TPSA) is 127 Å². The molecule has 2 atom stereocenters. The summed E-state index contributed by atoms with van der Waals surface area (Å²) in [5, 5.41) is 17.1. The van der Waals surface area contributed by atoms with Crippen molar-refractivity contribution in [3.05, 3.63) is 0 Å². The van der Waals surface area contributed by atoms with Gasteiger partial charge in [0.05, 0.1) is 0 Å². The van der Waals surface area contributed by atoms with Gasteiger partial charge in [0.15, 0.2) is 0 Å². The van der Waals surface area contributed by atoms with E-state index < -0.39 is 23.0 Å². The smallest absolute Gasteiger partial charge is 0.324 e. The second-order valence-corrected chi connectivity index (χ2v) is 7.51. The Morgan fingerprint density at radius 3 is 1.62 bits per heavy atom. The molecule has 0 bridgehead atoms. The van der Waals surface area contributed by atoms with Gasteiger partial charge < -0.3 is 21.7 Å². The molecule has 0 amide bonds. The van der Waals surface area contributed by atoms with Crippen LogP contribution < -0.4 is 11.5 Å². The number of thioether (sulfide) groups is 2. The first-order chi connectivity index (χ1) is 9.51. The van der Waals surface area contributed by atoms with E-state index in [-0.39, 0.29) is 0 Å². The van der Waals surface area contributed by atoms with Gasteiger partial charge in [-0.05, 0) is 31.8 Å². The molecule has 0 heterocycles. The van der Waals surface area contributed by atoms with Gasteiger partial charge in [0.1, 0.15) is 11.1 Å². The molecule has 0 aromatic rings. The fourth-order valence-corrected chi connectivity index (χ4v) is 2.60. The van der Waals surface area contributed by atoms with Gasteiger partial charge in [-0.3, -0.25) is 9.59 Å². The Labute approximate surface area is 135 Å². The molecule has 0 fully saturated rings. The molecule has 0 radical (unpaired) electrons. The number of hydrogen-bond donors (Lipinski definition) is 4. The number of carboxylic acid groups (broad SMARTS) is 2. The van der Waals surface area contributed by atoms with Crippen LogP contribution in [0.15, 0.2) is 0 Å². The Morgan fingerprint density at radius 2 is 1.33 bits per heavy atom. The van der Waals surface area contributed by atoms with E-state index in [0.29, 0.717) is 11.5 Å². The van der Waals surface area contributed by atoms with Crippen molar-refractivity contribution in [1.29, 1.82) is 0 Å². The van der Waals surface area contributed by atoms with Crippen LogP contribution in [-0.4, -0.2) is 56.2 Å². The second kappa shape index (κ2) is 11.2. The maximum atomic E-state index is 10.5. The minimum atomic E-state index is -1.07. The SMILES string of the molecule is CCCSC[C@](C)(N)C(=O)O.CCSC[C@](C)(N)C(=O)O. The van der Waals surface area contributed by atoms with Gasteiger partial charge in [-0.15, -0.1) is 0 Å². The monoisotopic (exact) mass is 340 g/mol. The maximum Gasteiger partial charge on any atom is 0.324 e. The predicted molar refractivity (Wildman–Crippen MR) is 91.1 cm³/mol. The van der Waals surface area contributed by atoms with Crippen molar-refractivity contribution in [2.75, 3.05) is 23.0 Å². The summed E-state index contributed by atoms with van der Waals surface area (Å²) in [7, 11) is 0. The highest BCUT2D eigenvalue weighted by molar-refractivity contribution is 7.99. The Hall–Kier alpha value is -0.440. The number of rotatable bonds is 9. The van der Waals surface area contributed by atoms with Crippen LogP contribution in [0.25, 0.3) is 0 Å².